The van der Waals surface area contributed by atoms with Crippen molar-refractivity contribution in [2.24, 2.45) is 5.92 Å². The summed E-state index contributed by atoms with van der Waals surface area (Å²) in [6.07, 6.45) is 4.37. The number of carbonyl (C=O) groups is 1. The lowest BCUT2D eigenvalue weighted by Gasteiger charge is -2.25. The number of rotatable bonds is 4. The number of nitrogens with zero attached hydrogens (tertiary/aromatic N) is 1. The Labute approximate surface area is 126 Å². The Hall–Kier alpha value is -1.22. The lowest BCUT2D eigenvalue weighted by atomic mass is 9.89. The summed E-state index contributed by atoms with van der Waals surface area (Å²) >= 11 is 6.10. The molecule has 2 rings (SSSR count). The largest absolute Gasteiger partial charge is 0.378 e. The molecular weight excluding hydrogens is 272 g/mol. The number of nitrogens with one attached hydrogen (secondary N) is 1. The fourth-order valence-corrected chi connectivity index (χ4v) is 2.84. The zero-order valence-corrected chi connectivity index (χ0v) is 13.0. The highest BCUT2D eigenvalue weighted by Gasteiger charge is 2.20. The van der Waals surface area contributed by atoms with Gasteiger partial charge in [-0.05, 0) is 49.8 Å². The maximum Gasteiger partial charge on any atom is 0.251 e. The molecule has 1 aromatic carbocycles. The number of amides is 1. The molecule has 1 aliphatic rings. The Bertz CT molecular complexity index is 454. The third-order valence-corrected chi connectivity index (χ3v) is 4.39. The van der Waals surface area contributed by atoms with Crippen LogP contribution in [0.25, 0.3) is 0 Å². The van der Waals surface area contributed by atoms with Crippen LogP contribution in [0.3, 0.4) is 0 Å². The summed E-state index contributed by atoms with van der Waals surface area (Å²) in [4.78, 5) is 14.2. The van der Waals surface area contributed by atoms with Gasteiger partial charge in [0.1, 0.15) is 0 Å². The second-order valence-electron chi connectivity index (χ2n) is 5.77. The lowest BCUT2D eigenvalue weighted by Crippen LogP contribution is -2.31. The summed E-state index contributed by atoms with van der Waals surface area (Å²) in [5.74, 6) is 0.590. The average molecular weight is 295 g/mol. The van der Waals surface area contributed by atoms with Crippen LogP contribution in [0, 0.1) is 5.92 Å². The predicted molar refractivity (Wildman–Crippen MR) is 84.7 cm³/mol. The third kappa shape index (κ3) is 4.14. The number of hydrogen-bond donors (Lipinski definition) is 1. The number of benzene rings is 1. The van der Waals surface area contributed by atoms with Crippen molar-refractivity contribution in [1.29, 1.82) is 0 Å². The zero-order chi connectivity index (χ0) is 14.5. The van der Waals surface area contributed by atoms with Crippen molar-refractivity contribution in [2.75, 3.05) is 25.5 Å². The van der Waals surface area contributed by atoms with Gasteiger partial charge in [-0.2, -0.15) is 0 Å². The van der Waals surface area contributed by atoms with Crippen molar-refractivity contribution in [3.05, 3.63) is 29.8 Å². The van der Waals surface area contributed by atoms with E-state index in [4.69, 9.17) is 11.6 Å². The van der Waals surface area contributed by atoms with Gasteiger partial charge in [0.05, 0.1) is 0 Å². The maximum atomic E-state index is 12.2. The summed E-state index contributed by atoms with van der Waals surface area (Å²) in [5, 5.41) is 3.38. The first-order valence-corrected chi connectivity index (χ1v) is 7.69. The number of carbonyl (C=O) groups excluding carboxylic acids is 1. The number of alkyl halides is 1. The minimum absolute atomic E-state index is 0.0155. The molecule has 0 unspecified atom stereocenters. The van der Waals surface area contributed by atoms with Gasteiger partial charge in [-0.1, -0.05) is 6.07 Å². The highest BCUT2D eigenvalue weighted by atomic mass is 35.5. The van der Waals surface area contributed by atoms with Crippen LogP contribution in [0.5, 0.6) is 0 Å². The smallest absolute Gasteiger partial charge is 0.251 e. The molecule has 3 nitrogen and oxygen atoms in total. The summed E-state index contributed by atoms with van der Waals surface area (Å²) < 4.78 is 0. The predicted octanol–water partition coefficient (Wildman–Crippen LogP) is 3.28. The molecule has 0 heterocycles. The molecule has 0 saturated heterocycles. The molecule has 0 aromatic heterocycles. The van der Waals surface area contributed by atoms with E-state index in [9.17, 15) is 4.79 Å². The number of hydrogen-bond acceptors (Lipinski definition) is 2. The molecule has 4 heteroatoms. The quantitative estimate of drug-likeness (QED) is 0.864. The van der Waals surface area contributed by atoms with Gasteiger partial charge in [0.2, 0.25) is 0 Å². The summed E-state index contributed by atoms with van der Waals surface area (Å²) in [6.45, 7) is 0.759. The summed E-state index contributed by atoms with van der Waals surface area (Å²) in [6, 6.07) is 7.70. The van der Waals surface area contributed by atoms with E-state index in [0.29, 0.717) is 11.3 Å². The molecule has 20 heavy (non-hydrogen) atoms. The van der Waals surface area contributed by atoms with Crippen LogP contribution in [0.15, 0.2) is 24.3 Å². The van der Waals surface area contributed by atoms with Crippen molar-refractivity contribution < 1.29 is 4.79 Å². The Balaban J connectivity index is 1.87. The van der Waals surface area contributed by atoms with Crippen LogP contribution in [0.1, 0.15) is 36.0 Å². The standard InChI is InChI=1S/C16H23ClN2O/c1-19(2)15-5-3-4-13(10-15)16(20)18-11-12-6-8-14(17)9-7-12/h3-5,10,12,14H,6-9,11H2,1-2H3,(H,18,20). The maximum absolute atomic E-state index is 12.2. The normalized spacial score (nSPS) is 22.4. The van der Waals surface area contributed by atoms with Gasteiger partial charge in [-0.3, -0.25) is 4.79 Å². The van der Waals surface area contributed by atoms with Gasteiger partial charge in [0.25, 0.3) is 5.91 Å². The Kier molecular flexibility index (Phi) is 5.30. The monoisotopic (exact) mass is 294 g/mol. The average Bonchev–Trinajstić information content (AvgIpc) is 2.46. The highest BCUT2D eigenvalue weighted by Crippen LogP contribution is 2.27. The second-order valence-corrected chi connectivity index (χ2v) is 6.39. The number of anilines is 1. The summed E-state index contributed by atoms with van der Waals surface area (Å²) in [7, 11) is 3.95. The van der Waals surface area contributed by atoms with E-state index in [-0.39, 0.29) is 5.91 Å². The van der Waals surface area contributed by atoms with Crippen molar-refractivity contribution >= 4 is 23.2 Å². The van der Waals surface area contributed by atoms with Crippen molar-refractivity contribution in [3.8, 4) is 0 Å². The molecule has 0 radical (unpaired) electrons. The van der Waals surface area contributed by atoms with Crippen molar-refractivity contribution in [1.82, 2.24) is 5.32 Å². The van der Waals surface area contributed by atoms with E-state index < -0.39 is 0 Å². The molecule has 0 aliphatic heterocycles. The van der Waals surface area contributed by atoms with Gasteiger partial charge in [0.15, 0.2) is 0 Å². The molecule has 0 spiro atoms. The molecule has 1 fully saturated rings. The second kappa shape index (κ2) is 6.98. The molecule has 1 amide bonds. The molecule has 1 aromatic rings. The van der Waals surface area contributed by atoms with Crippen LogP contribution >= 0.6 is 11.6 Å². The molecule has 0 bridgehead atoms. The molecule has 1 N–H and O–H groups in total. The fraction of sp³-hybridized carbons (Fsp3) is 0.562. The SMILES string of the molecule is CN(C)c1cccc(C(=O)NCC2CCC(Cl)CC2)c1. The Morgan fingerprint density at radius 2 is 2.00 bits per heavy atom. The van der Waals surface area contributed by atoms with Crippen LogP contribution in [0.2, 0.25) is 0 Å². The highest BCUT2D eigenvalue weighted by molar-refractivity contribution is 6.20. The van der Waals surface area contributed by atoms with Gasteiger partial charge in [0, 0.05) is 37.3 Å². The van der Waals surface area contributed by atoms with E-state index in [2.05, 4.69) is 5.32 Å². The molecule has 110 valence electrons. The first kappa shape index (κ1) is 15.2. The molecule has 1 aliphatic carbocycles. The molecule has 0 atom stereocenters. The van der Waals surface area contributed by atoms with E-state index in [1.54, 1.807) is 0 Å². The zero-order valence-electron chi connectivity index (χ0n) is 12.2. The van der Waals surface area contributed by atoms with Gasteiger partial charge >= 0.3 is 0 Å². The van der Waals surface area contributed by atoms with Crippen LogP contribution < -0.4 is 10.2 Å². The van der Waals surface area contributed by atoms with E-state index in [1.165, 1.54) is 0 Å². The van der Waals surface area contributed by atoms with Crippen molar-refractivity contribution in [2.45, 2.75) is 31.1 Å². The first-order chi connectivity index (χ1) is 9.56. The number of halogens is 1. The Morgan fingerprint density at radius 3 is 2.65 bits per heavy atom. The lowest BCUT2D eigenvalue weighted by molar-refractivity contribution is 0.0944. The van der Waals surface area contributed by atoms with Crippen LogP contribution in [-0.4, -0.2) is 31.9 Å². The van der Waals surface area contributed by atoms with E-state index in [0.717, 1.165) is 43.5 Å². The van der Waals surface area contributed by atoms with Crippen LogP contribution in [-0.2, 0) is 0 Å². The van der Waals surface area contributed by atoms with E-state index in [1.807, 2.05) is 43.3 Å². The van der Waals surface area contributed by atoms with Crippen LogP contribution in [0.4, 0.5) is 5.69 Å². The molecule has 1 saturated carbocycles. The van der Waals surface area contributed by atoms with Gasteiger partial charge < -0.3 is 10.2 Å². The topological polar surface area (TPSA) is 32.3 Å². The Morgan fingerprint density at radius 1 is 1.30 bits per heavy atom. The van der Waals surface area contributed by atoms with Gasteiger partial charge in [-0.15, -0.1) is 11.6 Å². The minimum atomic E-state index is 0.0155. The minimum Gasteiger partial charge on any atom is -0.378 e. The summed E-state index contributed by atoms with van der Waals surface area (Å²) in [5.41, 5.74) is 1.77. The van der Waals surface area contributed by atoms with E-state index >= 15 is 0 Å². The first-order valence-electron chi connectivity index (χ1n) is 7.26. The fourth-order valence-electron chi connectivity index (χ4n) is 2.59. The van der Waals surface area contributed by atoms with Crippen molar-refractivity contribution in [3.63, 3.8) is 0 Å². The third-order valence-electron chi connectivity index (χ3n) is 3.95. The molecular formula is C16H23ClN2O. The van der Waals surface area contributed by atoms with Gasteiger partial charge in [-0.25, -0.2) is 0 Å².